The zero-order valence-electron chi connectivity index (χ0n) is 7.19. The van der Waals surface area contributed by atoms with E-state index in [1.807, 2.05) is 0 Å². The highest BCUT2D eigenvalue weighted by Crippen LogP contribution is 2.21. The fourth-order valence-corrected chi connectivity index (χ4v) is 1.78. The molecule has 60 valence electrons. The lowest BCUT2D eigenvalue weighted by atomic mass is 10.0. The van der Waals surface area contributed by atoms with Crippen molar-refractivity contribution < 1.29 is 0 Å². The molecule has 1 fully saturated rings. The summed E-state index contributed by atoms with van der Waals surface area (Å²) < 4.78 is 0. The Labute approximate surface area is 64.2 Å². The molecule has 0 aliphatic heterocycles. The van der Waals surface area contributed by atoms with Gasteiger partial charge in [-0.15, -0.1) is 0 Å². The van der Waals surface area contributed by atoms with E-state index in [1.165, 1.54) is 32.1 Å². The molecule has 0 saturated heterocycles. The Morgan fingerprint density at radius 3 is 2.60 bits per heavy atom. The Hall–Kier alpha value is -0.0400. The van der Waals surface area contributed by atoms with Crippen LogP contribution < -0.4 is 5.32 Å². The molecule has 0 bridgehead atoms. The monoisotopic (exact) mass is 141 g/mol. The predicted octanol–water partition coefficient (Wildman–Crippen LogP) is 2.17. The van der Waals surface area contributed by atoms with Crippen molar-refractivity contribution in [3.05, 3.63) is 0 Å². The summed E-state index contributed by atoms with van der Waals surface area (Å²) >= 11 is 0. The van der Waals surface area contributed by atoms with Crippen LogP contribution in [0.25, 0.3) is 0 Å². The fourth-order valence-electron chi connectivity index (χ4n) is 1.78. The maximum Gasteiger partial charge on any atom is 0.00641 e. The lowest BCUT2D eigenvalue weighted by Gasteiger charge is -2.11. The zero-order chi connectivity index (χ0) is 7.40. The van der Waals surface area contributed by atoms with Crippen LogP contribution in [0, 0.1) is 5.92 Å². The average molecular weight is 141 g/mol. The molecule has 1 aliphatic carbocycles. The van der Waals surface area contributed by atoms with Crippen molar-refractivity contribution >= 4 is 0 Å². The molecular formula is C9H19N. The van der Waals surface area contributed by atoms with Crippen LogP contribution in [0.1, 0.15) is 39.0 Å². The van der Waals surface area contributed by atoms with Crippen LogP contribution in [0.5, 0.6) is 0 Å². The third kappa shape index (κ3) is 2.30. The molecule has 1 saturated carbocycles. The standard InChI is InChI=1S/C9H19N/c1-8-4-3-5-9(10-2)7-6-8/h8-10H,3-7H2,1-2H3/t8-,9-/m0/s1. The summed E-state index contributed by atoms with van der Waals surface area (Å²) in [7, 11) is 2.08. The lowest BCUT2D eigenvalue weighted by Crippen LogP contribution is -2.23. The summed E-state index contributed by atoms with van der Waals surface area (Å²) in [6, 6.07) is 0.810. The van der Waals surface area contributed by atoms with E-state index < -0.39 is 0 Å². The molecular weight excluding hydrogens is 122 g/mol. The van der Waals surface area contributed by atoms with E-state index in [0.29, 0.717) is 0 Å². The third-order valence-electron chi connectivity index (χ3n) is 2.67. The van der Waals surface area contributed by atoms with Crippen molar-refractivity contribution in [1.82, 2.24) is 5.32 Å². The van der Waals surface area contributed by atoms with E-state index >= 15 is 0 Å². The second-order valence-electron chi connectivity index (χ2n) is 3.60. The van der Waals surface area contributed by atoms with E-state index in [0.717, 1.165) is 12.0 Å². The molecule has 0 aromatic carbocycles. The smallest absolute Gasteiger partial charge is 0.00641 e. The topological polar surface area (TPSA) is 12.0 Å². The number of hydrogen-bond acceptors (Lipinski definition) is 1. The first-order valence-electron chi connectivity index (χ1n) is 4.50. The minimum Gasteiger partial charge on any atom is -0.317 e. The van der Waals surface area contributed by atoms with Crippen molar-refractivity contribution in [1.29, 1.82) is 0 Å². The van der Waals surface area contributed by atoms with Gasteiger partial charge in [-0.1, -0.05) is 19.8 Å². The Morgan fingerprint density at radius 2 is 1.90 bits per heavy atom. The van der Waals surface area contributed by atoms with E-state index in [9.17, 15) is 0 Å². The van der Waals surface area contributed by atoms with Gasteiger partial charge in [-0.3, -0.25) is 0 Å². The average Bonchev–Trinajstić information content (AvgIpc) is 2.14. The summed E-state index contributed by atoms with van der Waals surface area (Å²) in [4.78, 5) is 0. The largest absolute Gasteiger partial charge is 0.317 e. The summed E-state index contributed by atoms with van der Waals surface area (Å²) in [5.41, 5.74) is 0. The van der Waals surface area contributed by atoms with Gasteiger partial charge in [0.25, 0.3) is 0 Å². The maximum atomic E-state index is 3.36. The van der Waals surface area contributed by atoms with Gasteiger partial charge in [0, 0.05) is 6.04 Å². The molecule has 10 heavy (non-hydrogen) atoms. The quantitative estimate of drug-likeness (QED) is 0.552. The third-order valence-corrected chi connectivity index (χ3v) is 2.67. The highest BCUT2D eigenvalue weighted by molar-refractivity contribution is 4.71. The molecule has 1 N–H and O–H groups in total. The highest BCUT2D eigenvalue weighted by atomic mass is 14.9. The number of rotatable bonds is 1. The van der Waals surface area contributed by atoms with Crippen molar-refractivity contribution in [3.8, 4) is 0 Å². The van der Waals surface area contributed by atoms with Crippen molar-refractivity contribution in [2.24, 2.45) is 5.92 Å². The molecule has 0 aromatic heterocycles. The molecule has 2 atom stereocenters. The lowest BCUT2D eigenvalue weighted by molar-refractivity contribution is 0.475. The first-order chi connectivity index (χ1) is 4.83. The van der Waals surface area contributed by atoms with Gasteiger partial charge in [0.2, 0.25) is 0 Å². The van der Waals surface area contributed by atoms with Gasteiger partial charge >= 0.3 is 0 Å². The molecule has 1 nitrogen and oxygen atoms in total. The van der Waals surface area contributed by atoms with Crippen LogP contribution in [0.3, 0.4) is 0 Å². The van der Waals surface area contributed by atoms with E-state index in [4.69, 9.17) is 0 Å². The molecule has 0 radical (unpaired) electrons. The van der Waals surface area contributed by atoms with Gasteiger partial charge in [-0.25, -0.2) is 0 Å². The maximum absolute atomic E-state index is 3.36. The van der Waals surface area contributed by atoms with Crippen LogP contribution in [0.4, 0.5) is 0 Å². The van der Waals surface area contributed by atoms with Crippen LogP contribution in [0.15, 0.2) is 0 Å². The van der Waals surface area contributed by atoms with Crippen LogP contribution in [-0.2, 0) is 0 Å². The summed E-state index contributed by atoms with van der Waals surface area (Å²) in [5.74, 6) is 0.971. The minimum atomic E-state index is 0.810. The minimum absolute atomic E-state index is 0.810. The number of hydrogen-bond donors (Lipinski definition) is 1. The van der Waals surface area contributed by atoms with Gasteiger partial charge in [0.15, 0.2) is 0 Å². The molecule has 0 amide bonds. The van der Waals surface area contributed by atoms with Gasteiger partial charge in [0.05, 0.1) is 0 Å². The highest BCUT2D eigenvalue weighted by Gasteiger charge is 2.13. The number of nitrogens with one attached hydrogen (secondary N) is 1. The molecule has 1 aliphatic rings. The van der Waals surface area contributed by atoms with Crippen LogP contribution >= 0.6 is 0 Å². The van der Waals surface area contributed by atoms with E-state index in [-0.39, 0.29) is 0 Å². The summed E-state index contributed by atoms with van der Waals surface area (Å²) in [6.45, 7) is 2.37. The Bertz CT molecular complexity index is 90.7. The molecule has 0 unspecified atom stereocenters. The molecule has 0 aromatic rings. The summed E-state index contributed by atoms with van der Waals surface area (Å²) in [6.07, 6.45) is 7.06. The van der Waals surface area contributed by atoms with E-state index in [2.05, 4.69) is 19.3 Å². The first-order valence-corrected chi connectivity index (χ1v) is 4.50. The predicted molar refractivity (Wildman–Crippen MR) is 45.1 cm³/mol. The van der Waals surface area contributed by atoms with Crippen molar-refractivity contribution in [3.63, 3.8) is 0 Å². The Morgan fingerprint density at radius 1 is 1.10 bits per heavy atom. The summed E-state index contributed by atoms with van der Waals surface area (Å²) in [5, 5.41) is 3.36. The Kier molecular flexibility index (Phi) is 3.20. The SMILES string of the molecule is CN[C@H]1CCC[C@H](C)CC1. The van der Waals surface area contributed by atoms with Gasteiger partial charge in [-0.2, -0.15) is 0 Å². The van der Waals surface area contributed by atoms with Gasteiger partial charge < -0.3 is 5.32 Å². The van der Waals surface area contributed by atoms with Gasteiger partial charge in [0.1, 0.15) is 0 Å². The fraction of sp³-hybridized carbons (Fsp3) is 1.00. The van der Waals surface area contributed by atoms with Crippen LogP contribution in [-0.4, -0.2) is 13.1 Å². The molecule has 1 rings (SSSR count). The zero-order valence-corrected chi connectivity index (χ0v) is 7.19. The molecule has 0 heterocycles. The Balaban J connectivity index is 2.26. The first kappa shape index (κ1) is 8.06. The second kappa shape index (κ2) is 3.97. The normalized spacial score (nSPS) is 35.4. The van der Waals surface area contributed by atoms with Crippen molar-refractivity contribution in [2.45, 2.75) is 45.1 Å². The van der Waals surface area contributed by atoms with Crippen molar-refractivity contribution in [2.75, 3.05) is 7.05 Å². The van der Waals surface area contributed by atoms with Crippen LogP contribution in [0.2, 0.25) is 0 Å². The molecule has 1 heteroatoms. The van der Waals surface area contributed by atoms with Gasteiger partial charge in [-0.05, 0) is 32.2 Å². The second-order valence-corrected chi connectivity index (χ2v) is 3.60. The van der Waals surface area contributed by atoms with E-state index in [1.54, 1.807) is 0 Å². The molecule has 0 spiro atoms.